The molecule has 0 amide bonds. The van der Waals surface area contributed by atoms with Crippen molar-refractivity contribution < 1.29 is 4.39 Å². The van der Waals surface area contributed by atoms with Crippen LogP contribution in [0.4, 0.5) is 4.39 Å². The first-order valence-electron chi connectivity index (χ1n) is 5.84. The number of benzene rings is 1. The maximum Gasteiger partial charge on any atom is 0.191 e. The molecule has 0 bridgehead atoms. The van der Waals surface area contributed by atoms with E-state index >= 15 is 0 Å². The fourth-order valence-corrected chi connectivity index (χ4v) is 2.56. The Hall–Kier alpha value is -1.36. The van der Waals surface area contributed by atoms with Crippen LogP contribution in [0.5, 0.6) is 0 Å². The zero-order valence-electron chi connectivity index (χ0n) is 10.7. The van der Waals surface area contributed by atoms with E-state index in [1.54, 1.807) is 23.9 Å². The molecule has 0 saturated heterocycles. The van der Waals surface area contributed by atoms with Gasteiger partial charge in [0.05, 0.1) is 0 Å². The highest BCUT2D eigenvalue weighted by molar-refractivity contribution is 7.98. The summed E-state index contributed by atoms with van der Waals surface area (Å²) in [6.45, 7) is 4.19. The summed E-state index contributed by atoms with van der Waals surface area (Å²) in [5.74, 6) is 1.91. The van der Waals surface area contributed by atoms with Crippen LogP contribution in [-0.4, -0.2) is 14.8 Å². The number of hydrogen-bond acceptors (Lipinski definition) is 3. The largest absolute Gasteiger partial charge is 0.309 e. The van der Waals surface area contributed by atoms with Gasteiger partial charge in [0.1, 0.15) is 11.6 Å². The summed E-state index contributed by atoms with van der Waals surface area (Å²) >= 11 is 1.61. The van der Waals surface area contributed by atoms with Crippen LogP contribution in [0.2, 0.25) is 0 Å². The highest BCUT2D eigenvalue weighted by Crippen LogP contribution is 2.23. The fourth-order valence-electron chi connectivity index (χ4n) is 1.68. The zero-order chi connectivity index (χ0) is 13.1. The van der Waals surface area contributed by atoms with E-state index in [-0.39, 0.29) is 5.82 Å². The maximum atomic E-state index is 12.8. The third kappa shape index (κ3) is 2.90. The summed E-state index contributed by atoms with van der Waals surface area (Å²) in [5, 5.41) is 9.24. The minimum absolute atomic E-state index is 0.204. The highest BCUT2D eigenvalue weighted by Gasteiger charge is 2.11. The van der Waals surface area contributed by atoms with Gasteiger partial charge in [-0.25, -0.2) is 4.39 Å². The second-order valence-corrected chi connectivity index (χ2v) is 5.41. The molecule has 18 heavy (non-hydrogen) atoms. The normalized spacial score (nSPS) is 11.2. The van der Waals surface area contributed by atoms with Gasteiger partial charge in [-0.05, 0) is 17.7 Å². The van der Waals surface area contributed by atoms with E-state index in [1.807, 2.05) is 11.6 Å². The molecule has 1 aromatic carbocycles. The number of rotatable bonds is 4. The Morgan fingerprint density at radius 1 is 1.22 bits per heavy atom. The van der Waals surface area contributed by atoms with Crippen molar-refractivity contribution in [2.75, 3.05) is 0 Å². The quantitative estimate of drug-likeness (QED) is 0.794. The number of thioether (sulfide) groups is 1. The van der Waals surface area contributed by atoms with Crippen LogP contribution in [0.1, 0.15) is 31.2 Å². The molecule has 5 heteroatoms. The Balaban J connectivity index is 2.04. The first kappa shape index (κ1) is 13.1. The third-order valence-corrected chi connectivity index (χ3v) is 3.76. The van der Waals surface area contributed by atoms with Crippen molar-refractivity contribution >= 4 is 11.8 Å². The van der Waals surface area contributed by atoms with Gasteiger partial charge in [0, 0.05) is 18.7 Å². The van der Waals surface area contributed by atoms with Gasteiger partial charge in [-0.1, -0.05) is 37.7 Å². The Bertz CT molecular complexity index is 520. The molecule has 0 atom stereocenters. The summed E-state index contributed by atoms with van der Waals surface area (Å²) < 4.78 is 14.8. The lowest BCUT2D eigenvalue weighted by Crippen LogP contribution is -2.00. The second-order valence-electron chi connectivity index (χ2n) is 4.47. The second kappa shape index (κ2) is 5.52. The van der Waals surface area contributed by atoms with Crippen molar-refractivity contribution in [1.29, 1.82) is 0 Å². The molecule has 2 aromatic rings. The molecule has 0 fully saturated rings. The lowest BCUT2D eigenvalue weighted by Gasteiger charge is -2.05. The predicted molar refractivity (Wildman–Crippen MR) is 71.1 cm³/mol. The molecular formula is C13H16FN3S. The van der Waals surface area contributed by atoms with Crippen LogP contribution in [-0.2, 0) is 12.8 Å². The molecule has 0 saturated carbocycles. The smallest absolute Gasteiger partial charge is 0.191 e. The minimum atomic E-state index is -0.204. The Labute approximate surface area is 110 Å². The molecule has 0 unspecified atom stereocenters. The van der Waals surface area contributed by atoms with E-state index in [2.05, 4.69) is 24.0 Å². The van der Waals surface area contributed by atoms with Gasteiger partial charge in [-0.15, -0.1) is 10.2 Å². The molecule has 0 spiro atoms. The van der Waals surface area contributed by atoms with E-state index in [9.17, 15) is 4.39 Å². The molecule has 2 rings (SSSR count). The van der Waals surface area contributed by atoms with E-state index in [0.717, 1.165) is 22.3 Å². The van der Waals surface area contributed by atoms with Crippen molar-refractivity contribution in [3.8, 4) is 0 Å². The Morgan fingerprint density at radius 3 is 2.44 bits per heavy atom. The van der Waals surface area contributed by atoms with Gasteiger partial charge in [0.15, 0.2) is 5.16 Å². The average Bonchev–Trinajstić information content (AvgIpc) is 2.70. The molecule has 0 N–H and O–H groups in total. The fraction of sp³-hybridized carbons (Fsp3) is 0.385. The lowest BCUT2D eigenvalue weighted by molar-refractivity contribution is 0.627. The van der Waals surface area contributed by atoms with E-state index < -0.39 is 0 Å². The van der Waals surface area contributed by atoms with Gasteiger partial charge in [-0.2, -0.15) is 0 Å². The first-order chi connectivity index (χ1) is 8.58. The van der Waals surface area contributed by atoms with Crippen LogP contribution >= 0.6 is 11.8 Å². The topological polar surface area (TPSA) is 30.7 Å². The van der Waals surface area contributed by atoms with Crippen LogP contribution in [0, 0.1) is 5.82 Å². The van der Waals surface area contributed by atoms with Crippen LogP contribution in [0.3, 0.4) is 0 Å². The van der Waals surface area contributed by atoms with Crippen molar-refractivity contribution in [3.63, 3.8) is 0 Å². The number of aromatic nitrogens is 3. The molecule has 1 aromatic heterocycles. The molecule has 0 aliphatic carbocycles. The number of hydrogen-bond donors (Lipinski definition) is 0. The van der Waals surface area contributed by atoms with E-state index in [1.165, 1.54) is 12.1 Å². The van der Waals surface area contributed by atoms with Gasteiger partial charge >= 0.3 is 0 Å². The van der Waals surface area contributed by atoms with Crippen LogP contribution in [0.15, 0.2) is 29.4 Å². The van der Waals surface area contributed by atoms with Gasteiger partial charge in [0.2, 0.25) is 0 Å². The molecule has 3 nitrogen and oxygen atoms in total. The SMILES string of the molecule is CC(C)c1nnc(SCc2ccc(F)cc2)n1C. The van der Waals surface area contributed by atoms with Gasteiger partial charge in [-0.3, -0.25) is 0 Å². The van der Waals surface area contributed by atoms with Crippen molar-refractivity contribution in [2.24, 2.45) is 7.05 Å². The standard InChI is InChI=1S/C13H16FN3S/c1-9(2)12-15-16-13(17(12)3)18-8-10-4-6-11(14)7-5-10/h4-7,9H,8H2,1-3H3. The highest BCUT2D eigenvalue weighted by atomic mass is 32.2. The third-order valence-electron chi connectivity index (χ3n) is 2.67. The molecule has 0 aliphatic heterocycles. The monoisotopic (exact) mass is 265 g/mol. The molecule has 0 aliphatic rings. The summed E-state index contributed by atoms with van der Waals surface area (Å²) in [6, 6.07) is 6.54. The van der Waals surface area contributed by atoms with E-state index in [0.29, 0.717) is 5.92 Å². The lowest BCUT2D eigenvalue weighted by atomic mass is 10.2. The predicted octanol–water partition coefficient (Wildman–Crippen LogP) is 3.37. The zero-order valence-corrected chi connectivity index (χ0v) is 11.5. The van der Waals surface area contributed by atoms with Crippen molar-refractivity contribution in [1.82, 2.24) is 14.8 Å². The average molecular weight is 265 g/mol. The molecule has 0 radical (unpaired) electrons. The van der Waals surface area contributed by atoms with Gasteiger partial charge < -0.3 is 4.57 Å². The molecule has 96 valence electrons. The summed E-state index contributed by atoms with van der Waals surface area (Å²) in [5.41, 5.74) is 1.08. The Kier molecular flexibility index (Phi) is 4.01. The maximum absolute atomic E-state index is 12.8. The van der Waals surface area contributed by atoms with E-state index in [4.69, 9.17) is 0 Å². The number of nitrogens with zero attached hydrogens (tertiary/aromatic N) is 3. The van der Waals surface area contributed by atoms with Crippen molar-refractivity contribution in [2.45, 2.75) is 30.7 Å². The summed E-state index contributed by atoms with van der Waals surface area (Å²) in [7, 11) is 1.97. The number of halogens is 1. The summed E-state index contributed by atoms with van der Waals surface area (Å²) in [6.07, 6.45) is 0. The van der Waals surface area contributed by atoms with Crippen LogP contribution in [0.25, 0.3) is 0 Å². The van der Waals surface area contributed by atoms with Gasteiger partial charge in [0.25, 0.3) is 0 Å². The summed E-state index contributed by atoms with van der Waals surface area (Å²) in [4.78, 5) is 0. The molecule has 1 heterocycles. The first-order valence-corrected chi connectivity index (χ1v) is 6.83. The van der Waals surface area contributed by atoms with Crippen LogP contribution < -0.4 is 0 Å². The Morgan fingerprint density at radius 2 is 1.89 bits per heavy atom. The molecular weight excluding hydrogens is 249 g/mol. The minimum Gasteiger partial charge on any atom is -0.309 e. The van der Waals surface area contributed by atoms with Crippen molar-refractivity contribution in [3.05, 3.63) is 41.5 Å².